The molecule has 0 saturated heterocycles. The minimum atomic E-state index is 0.0331. The lowest BCUT2D eigenvalue weighted by Crippen LogP contribution is -2.37. The summed E-state index contributed by atoms with van der Waals surface area (Å²) in [5, 5.41) is 2.07. The van der Waals surface area contributed by atoms with Crippen LogP contribution in [0.15, 0.2) is 118 Å². The predicted octanol–water partition coefficient (Wildman–Crippen LogP) is 8.06. The Hall–Kier alpha value is -5.36. The van der Waals surface area contributed by atoms with E-state index >= 15 is 0 Å². The Balaban J connectivity index is 1.30. The number of nitrogens with zero attached hydrogens (tertiary/aromatic N) is 2. The number of benzene rings is 4. The number of carbonyl (C=O) groups excluding carboxylic acids is 1. The summed E-state index contributed by atoms with van der Waals surface area (Å²) in [4.78, 5) is 13.3. The lowest BCUT2D eigenvalue weighted by atomic mass is 10.1. The molecule has 3 aromatic heterocycles. The second-order valence-electron chi connectivity index (χ2n) is 10.9. The molecule has 7 rings (SSSR count). The molecule has 0 atom stereocenters. The first kappa shape index (κ1) is 26.5. The Morgan fingerprint density at radius 3 is 2.02 bits per heavy atom. The fraction of sp³-hybridized carbons (Fsp3) is 0.135. The average molecular weight is 568 g/mol. The van der Waals surface area contributed by atoms with E-state index in [4.69, 9.17) is 13.6 Å². The van der Waals surface area contributed by atoms with Crippen LogP contribution in [0.2, 0.25) is 0 Å². The normalized spacial score (nSPS) is 11.4. The van der Waals surface area contributed by atoms with Crippen molar-refractivity contribution in [1.29, 1.82) is 0 Å². The molecule has 0 radical (unpaired) electrons. The molecule has 0 aliphatic carbocycles. The van der Waals surface area contributed by atoms with Gasteiger partial charge in [0.2, 0.25) is 12.1 Å². The van der Waals surface area contributed by atoms with Gasteiger partial charge in [0.25, 0.3) is 0 Å². The number of ketones is 1. The summed E-state index contributed by atoms with van der Waals surface area (Å²) < 4.78 is 22.1. The largest absolute Gasteiger partial charge is 0.497 e. The molecule has 0 spiro atoms. The van der Waals surface area contributed by atoms with Gasteiger partial charge in [-0.25, -0.2) is 9.13 Å². The van der Waals surface area contributed by atoms with Crippen molar-refractivity contribution in [1.82, 2.24) is 4.57 Å². The summed E-state index contributed by atoms with van der Waals surface area (Å²) >= 11 is 0. The van der Waals surface area contributed by atoms with E-state index in [2.05, 4.69) is 48.8 Å². The number of aromatic nitrogens is 2. The van der Waals surface area contributed by atoms with Crippen LogP contribution in [0.3, 0.4) is 0 Å². The number of furan rings is 2. The standard InChI is InChI=1S/C37H31N2O4/c1-24-18-31-32(19-25(24)2)39(22-33(40)26-12-14-29(41-3)15-13-26)23-38(31)17-16-30(36-20-27-8-4-6-10-34(27)42-36)37-21-28-9-5-7-11-35(28)43-37/h4-16,18-21,23H,17,22H2,1-3H3/q+1. The number of fused-ring (bicyclic) bond motifs is 3. The number of rotatable bonds is 8. The number of hydrogen-bond donors (Lipinski definition) is 0. The molecule has 212 valence electrons. The zero-order valence-corrected chi connectivity index (χ0v) is 24.3. The van der Waals surface area contributed by atoms with Gasteiger partial charge in [0.15, 0.2) is 17.6 Å². The molecular weight excluding hydrogens is 536 g/mol. The highest BCUT2D eigenvalue weighted by molar-refractivity contribution is 5.95. The zero-order chi connectivity index (χ0) is 29.5. The van der Waals surface area contributed by atoms with Crippen molar-refractivity contribution in [3.63, 3.8) is 0 Å². The quantitative estimate of drug-likeness (QED) is 0.138. The predicted molar refractivity (Wildman–Crippen MR) is 168 cm³/mol. The Morgan fingerprint density at radius 1 is 0.814 bits per heavy atom. The van der Waals surface area contributed by atoms with Gasteiger partial charge in [0, 0.05) is 16.3 Å². The Bertz CT molecular complexity index is 2020. The maximum Gasteiger partial charge on any atom is 0.245 e. The van der Waals surface area contributed by atoms with Gasteiger partial charge in [-0.3, -0.25) is 4.79 Å². The second-order valence-corrected chi connectivity index (χ2v) is 10.9. The number of aryl methyl sites for hydroxylation is 2. The highest BCUT2D eigenvalue weighted by Crippen LogP contribution is 2.33. The van der Waals surface area contributed by atoms with Crippen LogP contribution in [-0.2, 0) is 13.1 Å². The number of carbonyl (C=O) groups is 1. The van der Waals surface area contributed by atoms with Crippen molar-refractivity contribution in [2.45, 2.75) is 26.9 Å². The van der Waals surface area contributed by atoms with E-state index in [1.165, 1.54) is 11.1 Å². The number of Topliss-reactive ketones (excluding diaryl/α,β-unsaturated/α-hetero) is 1. The van der Waals surface area contributed by atoms with Crippen molar-refractivity contribution in [2.24, 2.45) is 0 Å². The van der Waals surface area contributed by atoms with Gasteiger partial charge >= 0.3 is 0 Å². The minimum Gasteiger partial charge on any atom is -0.497 e. The molecule has 0 aliphatic heterocycles. The first-order valence-electron chi connectivity index (χ1n) is 14.3. The van der Waals surface area contributed by atoms with Crippen molar-refractivity contribution < 1.29 is 22.9 Å². The lowest BCUT2D eigenvalue weighted by Gasteiger charge is -2.03. The van der Waals surface area contributed by atoms with Crippen LogP contribution < -0.4 is 9.30 Å². The molecule has 6 heteroatoms. The molecule has 3 heterocycles. The van der Waals surface area contributed by atoms with Crippen LogP contribution in [0.5, 0.6) is 5.75 Å². The fourth-order valence-corrected chi connectivity index (χ4v) is 5.57. The highest BCUT2D eigenvalue weighted by Gasteiger charge is 2.21. The molecule has 0 fully saturated rings. The maximum atomic E-state index is 13.3. The Morgan fingerprint density at radius 2 is 1.42 bits per heavy atom. The molecule has 7 aromatic rings. The van der Waals surface area contributed by atoms with E-state index in [0.29, 0.717) is 12.1 Å². The van der Waals surface area contributed by atoms with E-state index in [1.54, 1.807) is 7.11 Å². The summed E-state index contributed by atoms with van der Waals surface area (Å²) in [5.74, 6) is 2.24. The van der Waals surface area contributed by atoms with Gasteiger partial charge < -0.3 is 13.6 Å². The van der Waals surface area contributed by atoms with Crippen LogP contribution in [-0.4, -0.2) is 17.5 Å². The van der Waals surface area contributed by atoms with E-state index in [9.17, 15) is 4.79 Å². The number of hydrogen-bond acceptors (Lipinski definition) is 4. The third kappa shape index (κ3) is 5.01. The minimum absolute atomic E-state index is 0.0331. The van der Waals surface area contributed by atoms with Gasteiger partial charge in [-0.15, -0.1) is 0 Å². The van der Waals surface area contributed by atoms with Crippen LogP contribution in [0.1, 0.15) is 33.0 Å². The van der Waals surface area contributed by atoms with E-state index in [1.807, 2.05) is 83.7 Å². The van der Waals surface area contributed by atoms with Crippen molar-refractivity contribution in [3.8, 4) is 5.75 Å². The maximum absolute atomic E-state index is 13.3. The van der Waals surface area contributed by atoms with Crippen molar-refractivity contribution >= 4 is 44.3 Å². The van der Waals surface area contributed by atoms with Crippen LogP contribution in [0.4, 0.5) is 0 Å². The zero-order valence-electron chi connectivity index (χ0n) is 24.3. The second kappa shape index (κ2) is 10.8. The molecule has 0 amide bonds. The number of imidazole rings is 1. The summed E-state index contributed by atoms with van der Waals surface area (Å²) in [6.45, 7) is 4.99. The van der Waals surface area contributed by atoms with E-state index < -0.39 is 0 Å². The van der Waals surface area contributed by atoms with Crippen LogP contribution >= 0.6 is 0 Å². The summed E-state index contributed by atoms with van der Waals surface area (Å²) in [6.07, 6.45) is 4.16. The number of methoxy groups -OCH3 is 1. The van der Waals surface area contributed by atoms with Crippen LogP contribution in [0.25, 0.3) is 38.5 Å². The topological polar surface area (TPSA) is 61.4 Å². The number of ether oxygens (including phenoxy) is 1. The fourth-order valence-electron chi connectivity index (χ4n) is 5.57. The molecule has 4 aromatic carbocycles. The molecule has 6 nitrogen and oxygen atoms in total. The first-order valence-corrected chi connectivity index (χ1v) is 14.3. The third-order valence-corrected chi connectivity index (χ3v) is 8.09. The monoisotopic (exact) mass is 567 g/mol. The van der Waals surface area contributed by atoms with E-state index in [-0.39, 0.29) is 12.3 Å². The molecule has 43 heavy (non-hydrogen) atoms. The molecule has 0 unspecified atom stereocenters. The molecule has 0 bridgehead atoms. The molecule has 0 N–H and O–H groups in total. The highest BCUT2D eigenvalue weighted by atomic mass is 16.5. The van der Waals surface area contributed by atoms with Gasteiger partial charge in [0.1, 0.15) is 35.0 Å². The third-order valence-electron chi connectivity index (χ3n) is 8.09. The molecule has 0 aliphatic rings. The number of allylic oxidation sites excluding steroid dienone is 1. The van der Waals surface area contributed by atoms with Gasteiger partial charge in [-0.2, -0.15) is 0 Å². The molecule has 0 saturated carbocycles. The average Bonchev–Trinajstić information content (AvgIpc) is 3.73. The lowest BCUT2D eigenvalue weighted by molar-refractivity contribution is -0.657. The van der Waals surface area contributed by atoms with E-state index in [0.717, 1.165) is 55.8 Å². The Labute approximate surface area is 249 Å². The van der Waals surface area contributed by atoms with Crippen molar-refractivity contribution in [3.05, 3.63) is 138 Å². The summed E-state index contributed by atoms with van der Waals surface area (Å²) in [5.41, 5.74) is 7.60. The summed E-state index contributed by atoms with van der Waals surface area (Å²) in [7, 11) is 1.62. The van der Waals surface area contributed by atoms with Gasteiger partial charge in [0.05, 0.1) is 12.7 Å². The first-order chi connectivity index (χ1) is 21.0. The van der Waals surface area contributed by atoms with Gasteiger partial charge in [-0.05, 0) is 91.7 Å². The SMILES string of the molecule is COc1ccc(C(=O)C[n+]2cn(CC=C(c3cc4ccccc4o3)c3cc4ccccc4o3)c3cc(C)c(C)cc32)cc1. The number of para-hydroxylation sites is 2. The van der Waals surface area contributed by atoms with Crippen LogP contribution in [0, 0.1) is 13.8 Å². The van der Waals surface area contributed by atoms with Gasteiger partial charge in [-0.1, -0.05) is 36.4 Å². The summed E-state index contributed by atoms with van der Waals surface area (Å²) in [6, 6.07) is 31.7. The Kier molecular flexibility index (Phi) is 6.67. The van der Waals surface area contributed by atoms with Crippen molar-refractivity contribution in [2.75, 3.05) is 7.11 Å². The molecular formula is C37H31N2O4+. The smallest absolute Gasteiger partial charge is 0.245 e.